The SMILES string of the molecule is CCOc1ccc(N2C(=O)[C@@H]3C(C(=O)OC)=NN(C(C)=O)[C@@H]3C2=O)cc1. The fourth-order valence-corrected chi connectivity index (χ4v) is 3.06. The van der Waals surface area contributed by atoms with Crippen LogP contribution < -0.4 is 9.64 Å². The third-order valence-corrected chi connectivity index (χ3v) is 4.17. The lowest BCUT2D eigenvalue weighted by molar-refractivity contribution is -0.136. The second-order valence-electron chi connectivity index (χ2n) is 5.70. The molecule has 2 aliphatic heterocycles. The quantitative estimate of drug-likeness (QED) is 0.567. The van der Waals surface area contributed by atoms with E-state index in [0.717, 1.165) is 17.0 Å². The van der Waals surface area contributed by atoms with Gasteiger partial charge in [-0.1, -0.05) is 0 Å². The van der Waals surface area contributed by atoms with Gasteiger partial charge in [0.2, 0.25) is 11.8 Å². The molecule has 136 valence electrons. The van der Waals surface area contributed by atoms with Crippen molar-refractivity contribution in [3.05, 3.63) is 24.3 Å². The number of amides is 3. The molecule has 0 saturated carbocycles. The molecule has 0 N–H and O–H groups in total. The Kier molecular flexibility index (Phi) is 4.45. The maximum atomic E-state index is 12.9. The molecule has 1 fully saturated rings. The third-order valence-electron chi connectivity index (χ3n) is 4.17. The van der Waals surface area contributed by atoms with Crippen LogP contribution in [0.1, 0.15) is 13.8 Å². The molecular weight excluding hydrogens is 342 g/mol. The fraction of sp³-hybridized carbons (Fsp3) is 0.353. The molecule has 2 heterocycles. The highest BCUT2D eigenvalue weighted by Crippen LogP contribution is 2.35. The molecule has 9 nitrogen and oxygen atoms in total. The number of methoxy groups -OCH3 is 1. The van der Waals surface area contributed by atoms with Gasteiger partial charge in [-0.15, -0.1) is 0 Å². The van der Waals surface area contributed by atoms with Gasteiger partial charge in [-0.3, -0.25) is 14.4 Å². The van der Waals surface area contributed by atoms with Crippen LogP contribution in [0.2, 0.25) is 0 Å². The second-order valence-corrected chi connectivity index (χ2v) is 5.70. The molecule has 1 saturated heterocycles. The van der Waals surface area contributed by atoms with E-state index in [0.29, 0.717) is 18.0 Å². The van der Waals surface area contributed by atoms with Crippen molar-refractivity contribution in [3.63, 3.8) is 0 Å². The summed E-state index contributed by atoms with van der Waals surface area (Å²) >= 11 is 0. The number of imide groups is 1. The van der Waals surface area contributed by atoms with Crippen LogP contribution >= 0.6 is 0 Å². The fourth-order valence-electron chi connectivity index (χ4n) is 3.06. The molecule has 26 heavy (non-hydrogen) atoms. The van der Waals surface area contributed by atoms with Gasteiger partial charge in [0.25, 0.3) is 5.91 Å². The Labute approximate surface area is 149 Å². The summed E-state index contributed by atoms with van der Waals surface area (Å²) in [7, 11) is 1.14. The van der Waals surface area contributed by atoms with E-state index in [2.05, 4.69) is 9.84 Å². The molecule has 9 heteroatoms. The summed E-state index contributed by atoms with van der Waals surface area (Å²) in [5.74, 6) is -3.23. The smallest absolute Gasteiger partial charge is 0.355 e. The van der Waals surface area contributed by atoms with Crippen LogP contribution in [-0.4, -0.2) is 54.2 Å². The van der Waals surface area contributed by atoms with Crippen LogP contribution in [0, 0.1) is 5.92 Å². The van der Waals surface area contributed by atoms with Crippen molar-refractivity contribution < 1.29 is 28.7 Å². The molecule has 0 bridgehead atoms. The van der Waals surface area contributed by atoms with Crippen LogP contribution in [-0.2, 0) is 23.9 Å². The zero-order valence-corrected chi connectivity index (χ0v) is 14.5. The maximum absolute atomic E-state index is 12.9. The summed E-state index contributed by atoms with van der Waals surface area (Å²) < 4.78 is 9.97. The van der Waals surface area contributed by atoms with E-state index in [1.165, 1.54) is 6.92 Å². The number of anilines is 1. The van der Waals surface area contributed by atoms with Crippen molar-refractivity contribution in [2.45, 2.75) is 19.9 Å². The Morgan fingerprint density at radius 3 is 2.35 bits per heavy atom. The first kappa shape index (κ1) is 17.6. The second kappa shape index (κ2) is 6.58. The molecule has 0 spiro atoms. The minimum atomic E-state index is -1.18. The Morgan fingerprint density at radius 2 is 1.81 bits per heavy atom. The lowest BCUT2D eigenvalue weighted by atomic mass is 9.98. The van der Waals surface area contributed by atoms with Gasteiger partial charge >= 0.3 is 5.97 Å². The van der Waals surface area contributed by atoms with E-state index in [1.54, 1.807) is 24.3 Å². The molecule has 1 aromatic rings. The van der Waals surface area contributed by atoms with E-state index in [-0.39, 0.29) is 5.71 Å². The number of carbonyl (C=O) groups excluding carboxylic acids is 4. The number of nitrogens with zero attached hydrogens (tertiary/aromatic N) is 3. The molecule has 2 atom stereocenters. The van der Waals surface area contributed by atoms with Crippen LogP contribution in [0.3, 0.4) is 0 Å². The topological polar surface area (TPSA) is 106 Å². The summed E-state index contributed by atoms with van der Waals surface area (Å²) in [6.45, 7) is 3.53. The molecule has 2 aliphatic rings. The minimum absolute atomic E-state index is 0.250. The number of hydrogen-bond donors (Lipinski definition) is 0. The first-order chi connectivity index (χ1) is 12.4. The van der Waals surface area contributed by atoms with Crippen molar-refractivity contribution in [3.8, 4) is 5.75 Å². The summed E-state index contributed by atoms with van der Waals surface area (Å²) in [6.07, 6.45) is 0. The molecule has 3 rings (SSSR count). The van der Waals surface area contributed by atoms with E-state index < -0.39 is 35.7 Å². The zero-order chi connectivity index (χ0) is 19.0. The standard InChI is InChI=1S/C17H17N3O6/c1-4-26-11-7-5-10(6-8-11)19-15(22)12-13(17(24)25-3)18-20(9(2)21)14(12)16(19)23/h5-8,12,14H,4H2,1-3H3/t12-,14+/m1/s1. The Balaban J connectivity index is 1.98. The predicted molar refractivity (Wildman–Crippen MR) is 89.4 cm³/mol. The van der Waals surface area contributed by atoms with Gasteiger partial charge < -0.3 is 9.47 Å². The Bertz CT molecular complexity index is 816. The highest BCUT2D eigenvalue weighted by Gasteiger charge is 2.59. The number of carbonyl (C=O) groups is 4. The van der Waals surface area contributed by atoms with Crippen molar-refractivity contribution in [1.82, 2.24) is 5.01 Å². The first-order valence-electron chi connectivity index (χ1n) is 7.98. The number of hydrazone groups is 1. The summed E-state index contributed by atoms with van der Waals surface area (Å²) in [6, 6.07) is 5.21. The van der Waals surface area contributed by atoms with Crippen molar-refractivity contribution in [2.75, 3.05) is 18.6 Å². The average Bonchev–Trinajstić information content (AvgIpc) is 3.13. The van der Waals surface area contributed by atoms with Gasteiger partial charge in [-0.05, 0) is 31.2 Å². The van der Waals surface area contributed by atoms with Gasteiger partial charge in [-0.25, -0.2) is 14.7 Å². The number of rotatable bonds is 4. The predicted octanol–water partition coefficient (Wildman–Crippen LogP) is 0.334. The average molecular weight is 359 g/mol. The van der Waals surface area contributed by atoms with E-state index in [9.17, 15) is 19.2 Å². The van der Waals surface area contributed by atoms with Gasteiger partial charge in [0.05, 0.1) is 19.4 Å². The monoisotopic (exact) mass is 359 g/mol. The molecule has 0 aliphatic carbocycles. The van der Waals surface area contributed by atoms with Crippen molar-refractivity contribution >= 4 is 35.1 Å². The Hall–Kier alpha value is -3.23. The van der Waals surface area contributed by atoms with E-state index in [1.807, 2.05) is 6.92 Å². The van der Waals surface area contributed by atoms with E-state index in [4.69, 9.17) is 4.74 Å². The largest absolute Gasteiger partial charge is 0.494 e. The summed E-state index contributed by atoms with van der Waals surface area (Å²) in [5.41, 5.74) is 0.0741. The number of ether oxygens (including phenoxy) is 2. The van der Waals surface area contributed by atoms with Gasteiger partial charge in [0, 0.05) is 6.92 Å². The molecule has 0 radical (unpaired) electrons. The minimum Gasteiger partial charge on any atom is -0.494 e. The van der Waals surface area contributed by atoms with Crippen LogP contribution in [0.25, 0.3) is 0 Å². The lowest BCUT2D eigenvalue weighted by Gasteiger charge is -2.19. The number of benzene rings is 1. The molecule has 0 unspecified atom stereocenters. The molecule has 0 aromatic heterocycles. The normalized spacial score (nSPS) is 21.6. The molecule has 1 aromatic carbocycles. The third kappa shape index (κ3) is 2.61. The maximum Gasteiger partial charge on any atom is 0.355 e. The highest BCUT2D eigenvalue weighted by molar-refractivity contribution is 6.47. The Morgan fingerprint density at radius 1 is 1.15 bits per heavy atom. The lowest BCUT2D eigenvalue weighted by Crippen LogP contribution is -2.41. The van der Waals surface area contributed by atoms with Gasteiger partial charge in [-0.2, -0.15) is 5.10 Å². The summed E-state index contributed by atoms with van der Waals surface area (Å²) in [5, 5.41) is 4.71. The number of hydrogen-bond acceptors (Lipinski definition) is 7. The molecular formula is C17H17N3O6. The van der Waals surface area contributed by atoms with E-state index >= 15 is 0 Å². The van der Waals surface area contributed by atoms with Crippen LogP contribution in [0.4, 0.5) is 5.69 Å². The van der Waals surface area contributed by atoms with Crippen molar-refractivity contribution in [2.24, 2.45) is 11.0 Å². The van der Waals surface area contributed by atoms with Crippen LogP contribution in [0.15, 0.2) is 29.4 Å². The van der Waals surface area contributed by atoms with Crippen molar-refractivity contribution in [1.29, 1.82) is 0 Å². The van der Waals surface area contributed by atoms with Gasteiger partial charge in [0.1, 0.15) is 11.7 Å². The van der Waals surface area contributed by atoms with Crippen LogP contribution in [0.5, 0.6) is 5.75 Å². The molecule has 3 amide bonds. The number of esters is 1. The number of fused-ring (bicyclic) bond motifs is 1. The first-order valence-corrected chi connectivity index (χ1v) is 7.98. The van der Waals surface area contributed by atoms with Gasteiger partial charge in [0.15, 0.2) is 11.8 Å². The summed E-state index contributed by atoms with van der Waals surface area (Å²) in [4.78, 5) is 50.4. The highest BCUT2D eigenvalue weighted by atomic mass is 16.5. The zero-order valence-electron chi connectivity index (χ0n) is 14.5.